The summed E-state index contributed by atoms with van der Waals surface area (Å²) in [6, 6.07) is 8.81. The molecule has 0 fully saturated rings. The number of halogens is 2. The Morgan fingerprint density at radius 3 is 2.71 bits per heavy atom. The highest BCUT2D eigenvalue weighted by atomic mass is 79.9. The van der Waals surface area contributed by atoms with Crippen LogP contribution in [0, 0.1) is 15.9 Å². The average Bonchev–Trinajstić information content (AvgIpc) is 2.47. The van der Waals surface area contributed by atoms with Crippen LogP contribution in [0.5, 0.6) is 5.75 Å². The minimum atomic E-state index is -0.549. The third-order valence-electron chi connectivity index (χ3n) is 2.85. The smallest absolute Gasteiger partial charge is 0.310 e. The van der Waals surface area contributed by atoms with Gasteiger partial charge in [0.15, 0.2) is 5.75 Å². The molecule has 0 heterocycles. The fourth-order valence-electron chi connectivity index (χ4n) is 1.76. The molecular formula is C14H12BrFN2O3. The van der Waals surface area contributed by atoms with E-state index in [0.717, 1.165) is 0 Å². The van der Waals surface area contributed by atoms with Crippen molar-refractivity contribution in [2.75, 3.05) is 0 Å². The van der Waals surface area contributed by atoms with E-state index in [1.165, 1.54) is 18.2 Å². The molecule has 0 aromatic heterocycles. The fourth-order valence-corrected chi connectivity index (χ4v) is 2.17. The Balaban J connectivity index is 2.26. The van der Waals surface area contributed by atoms with E-state index in [4.69, 9.17) is 10.5 Å². The molecule has 0 bridgehead atoms. The van der Waals surface area contributed by atoms with Gasteiger partial charge in [-0.15, -0.1) is 0 Å². The minimum absolute atomic E-state index is 0.0716. The van der Waals surface area contributed by atoms with Crippen LogP contribution in [0.1, 0.15) is 11.1 Å². The number of nitrogens with zero attached hydrogens (tertiary/aromatic N) is 1. The van der Waals surface area contributed by atoms with Crippen LogP contribution in [0.3, 0.4) is 0 Å². The van der Waals surface area contributed by atoms with Crippen molar-refractivity contribution in [2.24, 2.45) is 5.73 Å². The first-order valence-electron chi connectivity index (χ1n) is 6.05. The molecule has 5 nitrogen and oxygen atoms in total. The predicted molar refractivity (Wildman–Crippen MR) is 79.4 cm³/mol. The van der Waals surface area contributed by atoms with Gasteiger partial charge in [0.25, 0.3) is 0 Å². The maximum atomic E-state index is 13.6. The summed E-state index contributed by atoms with van der Waals surface area (Å²) in [7, 11) is 0. The van der Waals surface area contributed by atoms with Crippen LogP contribution in [-0.2, 0) is 13.2 Å². The second kappa shape index (κ2) is 6.64. The van der Waals surface area contributed by atoms with Crippen LogP contribution in [-0.4, -0.2) is 4.92 Å². The number of nitro groups is 1. The zero-order valence-electron chi connectivity index (χ0n) is 10.9. The van der Waals surface area contributed by atoms with E-state index < -0.39 is 10.7 Å². The van der Waals surface area contributed by atoms with Gasteiger partial charge in [-0.1, -0.05) is 22.0 Å². The van der Waals surface area contributed by atoms with E-state index in [1.807, 2.05) is 0 Å². The Bertz CT molecular complexity index is 679. The van der Waals surface area contributed by atoms with Crippen molar-refractivity contribution >= 4 is 21.6 Å². The summed E-state index contributed by atoms with van der Waals surface area (Å²) >= 11 is 3.24. The lowest BCUT2D eigenvalue weighted by molar-refractivity contribution is -0.386. The van der Waals surface area contributed by atoms with E-state index >= 15 is 0 Å². The van der Waals surface area contributed by atoms with Gasteiger partial charge in [0.1, 0.15) is 12.4 Å². The molecule has 2 aromatic rings. The second-order valence-corrected chi connectivity index (χ2v) is 5.20. The quantitative estimate of drug-likeness (QED) is 0.657. The van der Waals surface area contributed by atoms with E-state index in [1.54, 1.807) is 18.2 Å². The Morgan fingerprint density at radius 1 is 1.29 bits per heavy atom. The fraction of sp³-hybridized carbons (Fsp3) is 0.143. The molecule has 2 N–H and O–H groups in total. The molecule has 0 saturated heterocycles. The zero-order chi connectivity index (χ0) is 15.4. The molecule has 7 heteroatoms. The molecule has 110 valence electrons. The van der Waals surface area contributed by atoms with Crippen molar-refractivity contribution in [1.82, 2.24) is 0 Å². The Hall–Kier alpha value is -1.99. The first kappa shape index (κ1) is 15.4. The van der Waals surface area contributed by atoms with Crippen molar-refractivity contribution in [3.63, 3.8) is 0 Å². The van der Waals surface area contributed by atoms with E-state index in [9.17, 15) is 14.5 Å². The van der Waals surface area contributed by atoms with E-state index in [0.29, 0.717) is 15.6 Å². The number of hydrogen-bond donors (Lipinski definition) is 1. The lowest BCUT2D eigenvalue weighted by Gasteiger charge is -2.09. The van der Waals surface area contributed by atoms with Crippen LogP contribution in [0.25, 0.3) is 0 Å². The van der Waals surface area contributed by atoms with Crippen molar-refractivity contribution in [3.8, 4) is 5.75 Å². The number of ether oxygens (including phenoxy) is 1. The maximum absolute atomic E-state index is 13.6. The highest BCUT2D eigenvalue weighted by Crippen LogP contribution is 2.29. The van der Waals surface area contributed by atoms with Gasteiger partial charge in [-0.25, -0.2) is 4.39 Å². The summed E-state index contributed by atoms with van der Waals surface area (Å²) in [6.07, 6.45) is 0. The number of nitro benzene ring substituents is 1. The SMILES string of the molecule is NCc1ccc([N+](=O)[O-])c(OCc2cc(Br)ccc2F)c1. The number of hydrogen-bond acceptors (Lipinski definition) is 4. The lowest BCUT2D eigenvalue weighted by atomic mass is 10.2. The van der Waals surface area contributed by atoms with Gasteiger partial charge >= 0.3 is 5.69 Å². The molecule has 0 amide bonds. The summed E-state index contributed by atoms with van der Waals surface area (Å²) in [5, 5.41) is 11.0. The maximum Gasteiger partial charge on any atom is 0.310 e. The van der Waals surface area contributed by atoms with Gasteiger partial charge in [-0.2, -0.15) is 0 Å². The summed E-state index contributed by atoms with van der Waals surface area (Å²) in [5.74, 6) is -0.363. The largest absolute Gasteiger partial charge is 0.482 e. The van der Waals surface area contributed by atoms with Gasteiger partial charge in [0.05, 0.1) is 4.92 Å². The average molecular weight is 355 g/mol. The first-order chi connectivity index (χ1) is 10.0. The third kappa shape index (κ3) is 3.77. The predicted octanol–water partition coefficient (Wildman–Crippen LogP) is 3.53. The number of benzene rings is 2. The summed E-state index contributed by atoms with van der Waals surface area (Å²) in [4.78, 5) is 10.4. The Labute approximate surface area is 128 Å². The van der Waals surface area contributed by atoms with Crippen LogP contribution >= 0.6 is 15.9 Å². The third-order valence-corrected chi connectivity index (χ3v) is 3.34. The van der Waals surface area contributed by atoms with Gasteiger partial charge in [0, 0.05) is 22.6 Å². The first-order valence-corrected chi connectivity index (χ1v) is 6.84. The molecule has 0 saturated carbocycles. The highest BCUT2D eigenvalue weighted by Gasteiger charge is 2.16. The molecular weight excluding hydrogens is 343 g/mol. The molecule has 0 spiro atoms. The molecule has 0 radical (unpaired) electrons. The number of nitrogens with two attached hydrogens (primary N) is 1. The molecule has 21 heavy (non-hydrogen) atoms. The van der Waals surface area contributed by atoms with Crippen molar-refractivity contribution in [1.29, 1.82) is 0 Å². The normalized spacial score (nSPS) is 10.4. The minimum Gasteiger partial charge on any atom is -0.482 e. The summed E-state index contributed by atoms with van der Waals surface area (Å²) in [5.41, 5.74) is 6.33. The van der Waals surface area contributed by atoms with Crippen molar-refractivity contribution in [3.05, 3.63) is 67.9 Å². The lowest BCUT2D eigenvalue weighted by Crippen LogP contribution is -2.03. The van der Waals surface area contributed by atoms with Gasteiger partial charge < -0.3 is 10.5 Å². The highest BCUT2D eigenvalue weighted by molar-refractivity contribution is 9.10. The van der Waals surface area contributed by atoms with E-state index in [-0.39, 0.29) is 24.6 Å². The van der Waals surface area contributed by atoms with Crippen LogP contribution < -0.4 is 10.5 Å². The van der Waals surface area contributed by atoms with Crippen LogP contribution in [0.4, 0.5) is 10.1 Å². The topological polar surface area (TPSA) is 78.4 Å². The Kier molecular flexibility index (Phi) is 4.87. The molecule has 0 aliphatic carbocycles. The van der Waals surface area contributed by atoms with Gasteiger partial charge in [-0.3, -0.25) is 10.1 Å². The van der Waals surface area contributed by atoms with E-state index in [2.05, 4.69) is 15.9 Å². The van der Waals surface area contributed by atoms with Crippen molar-refractivity contribution in [2.45, 2.75) is 13.2 Å². The summed E-state index contributed by atoms with van der Waals surface area (Å²) < 4.78 is 19.7. The molecule has 0 aliphatic heterocycles. The van der Waals surface area contributed by atoms with Crippen LogP contribution in [0.15, 0.2) is 40.9 Å². The molecule has 2 aromatic carbocycles. The number of rotatable bonds is 5. The zero-order valence-corrected chi connectivity index (χ0v) is 12.5. The van der Waals surface area contributed by atoms with Crippen molar-refractivity contribution < 1.29 is 14.1 Å². The molecule has 0 aliphatic rings. The standard InChI is InChI=1S/C14H12BrFN2O3/c15-11-2-3-12(16)10(6-11)8-21-14-5-9(7-17)1-4-13(14)18(19)20/h1-6H,7-8,17H2. The van der Waals surface area contributed by atoms with Gasteiger partial charge in [-0.05, 0) is 29.8 Å². The molecule has 0 unspecified atom stereocenters. The van der Waals surface area contributed by atoms with Gasteiger partial charge in [0.2, 0.25) is 0 Å². The Morgan fingerprint density at radius 2 is 2.05 bits per heavy atom. The monoisotopic (exact) mass is 354 g/mol. The molecule has 0 atom stereocenters. The second-order valence-electron chi connectivity index (χ2n) is 4.29. The van der Waals surface area contributed by atoms with Crippen LogP contribution in [0.2, 0.25) is 0 Å². The molecule has 2 rings (SSSR count). The summed E-state index contributed by atoms with van der Waals surface area (Å²) in [6.45, 7) is 0.125.